The fraction of sp³-hybridized carbons (Fsp3) is 0.455. The molecule has 0 bridgehead atoms. The number of nitrogens with zero attached hydrogens (tertiary/aromatic N) is 1. The number of nitrogens with one attached hydrogen (secondary N) is 1. The summed E-state index contributed by atoms with van der Waals surface area (Å²) in [5, 5.41) is 13.6. The highest BCUT2D eigenvalue weighted by Gasteiger charge is 2.20. The van der Waals surface area contributed by atoms with Gasteiger partial charge in [-0.3, -0.25) is 10.1 Å². The Kier molecular flexibility index (Phi) is 2.94. The number of non-ortho nitro benzene ring substituents is 1. The maximum Gasteiger partial charge on any atom is 0.275 e. The van der Waals surface area contributed by atoms with Crippen LogP contribution in [0, 0.1) is 10.1 Å². The molecule has 1 aliphatic carbocycles. The van der Waals surface area contributed by atoms with Crippen molar-refractivity contribution in [1.29, 1.82) is 0 Å². The molecular formula is C11H14N2O3. The number of nitro benzene ring substituents is 1. The van der Waals surface area contributed by atoms with E-state index in [1.165, 1.54) is 18.6 Å². The first-order valence-electron chi connectivity index (χ1n) is 5.33. The van der Waals surface area contributed by atoms with Gasteiger partial charge in [0.05, 0.1) is 17.1 Å². The smallest absolute Gasteiger partial charge is 0.275 e. The largest absolute Gasteiger partial charge is 0.490 e. The molecule has 0 aromatic heterocycles. The minimum absolute atomic E-state index is 0.0566. The molecule has 0 saturated heterocycles. The monoisotopic (exact) mass is 222 g/mol. The van der Waals surface area contributed by atoms with Crippen LogP contribution >= 0.6 is 0 Å². The lowest BCUT2D eigenvalue weighted by atomic mass is 9.96. The van der Waals surface area contributed by atoms with Crippen LogP contribution in [0.1, 0.15) is 19.3 Å². The summed E-state index contributed by atoms with van der Waals surface area (Å²) < 4.78 is 5.64. The number of anilines is 1. The van der Waals surface area contributed by atoms with Gasteiger partial charge < -0.3 is 10.1 Å². The van der Waals surface area contributed by atoms with E-state index < -0.39 is 4.92 Å². The summed E-state index contributed by atoms with van der Waals surface area (Å²) in [6.45, 7) is 0. The number of ether oxygens (including phenoxy) is 1. The standard InChI is InChI=1S/C11H14N2O3/c1-12-8-5-9(13(14)15)7-11(6-8)16-10-3-2-4-10/h5-7,10,12H,2-4H2,1H3. The van der Waals surface area contributed by atoms with E-state index >= 15 is 0 Å². The van der Waals surface area contributed by atoms with Gasteiger partial charge in [-0.2, -0.15) is 0 Å². The molecule has 0 unspecified atom stereocenters. The molecule has 1 N–H and O–H groups in total. The Hall–Kier alpha value is -1.78. The maximum atomic E-state index is 10.7. The van der Waals surface area contributed by atoms with Gasteiger partial charge in [0.15, 0.2) is 0 Å². The molecule has 0 radical (unpaired) electrons. The third kappa shape index (κ3) is 2.24. The molecule has 2 rings (SSSR count). The lowest BCUT2D eigenvalue weighted by Crippen LogP contribution is -2.24. The second-order valence-corrected chi connectivity index (χ2v) is 3.89. The van der Waals surface area contributed by atoms with Crippen LogP contribution in [-0.2, 0) is 0 Å². The summed E-state index contributed by atoms with van der Waals surface area (Å²) in [7, 11) is 1.73. The van der Waals surface area contributed by atoms with Crippen molar-refractivity contribution < 1.29 is 9.66 Å². The molecule has 5 nitrogen and oxygen atoms in total. The van der Waals surface area contributed by atoms with Crippen LogP contribution in [0.25, 0.3) is 0 Å². The summed E-state index contributed by atoms with van der Waals surface area (Å²) in [6.07, 6.45) is 3.49. The molecule has 1 aliphatic rings. The number of hydrogen-bond acceptors (Lipinski definition) is 4. The Morgan fingerprint density at radius 2 is 2.19 bits per heavy atom. The van der Waals surface area contributed by atoms with Crippen LogP contribution in [0.4, 0.5) is 11.4 Å². The summed E-state index contributed by atoms with van der Waals surface area (Å²) >= 11 is 0. The lowest BCUT2D eigenvalue weighted by molar-refractivity contribution is -0.384. The predicted octanol–water partition coefficient (Wildman–Crippen LogP) is 2.57. The molecule has 86 valence electrons. The molecule has 1 aromatic carbocycles. The minimum Gasteiger partial charge on any atom is -0.490 e. The Morgan fingerprint density at radius 1 is 1.44 bits per heavy atom. The number of nitro groups is 1. The van der Waals surface area contributed by atoms with Crippen molar-refractivity contribution in [3.05, 3.63) is 28.3 Å². The number of rotatable bonds is 4. The fourth-order valence-corrected chi connectivity index (χ4v) is 1.58. The lowest BCUT2D eigenvalue weighted by Gasteiger charge is -2.26. The Morgan fingerprint density at radius 3 is 2.69 bits per heavy atom. The highest BCUT2D eigenvalue weighted by atomic mass is 16.6. The van der Waals surface area contributed by atoms with E-state index in [1.807, 2.05) is 0 Å². The highest BCUT2D eigenvalue weighted by molar-refractivity contribution is 5.56. The first-order valence-corrected chi connectivity index (χ1v) is 5.33. The van der Waals surface area contributed by atoms with Crippen molar-refractivity contribution in [2.75, 3.05) is 12.4 Å². The topological polar surface area (TPSA) is 64.4 Å². The van der Waals surface area contributed by atoms with E-state index in [4.69, 9.17) is 4.74 Å². The summed E-state index contributed by atoms with van der Waals surface area (Å²) in [6, 6.07) is 4.75. The SMILES string of the molecule is CNc1cc(OC2CCC2)cc([N+](=O)[O-])c1. The van der Waals surface area contributed by atoms with E-state index in [9.17, 15) is 10.1 Å². The molecular weight excluding hydrogens is 208 g/mol. The number of benzene rings is 1. The van der Waals surface area contributed by atoms with E-state index in [0.29, 0.717) is 11.4 Å². The Labute approximate surface area is 93.6 Å². The number of hydrogen-bond donors (Lipinski definition) is 1. The third-order valence-corrected chi connectivity index (χ3v) is 2.75. The highest BCUT2D eigenvalue weighted by Crippen LogP contribution is 2.30. The first-order chi connectivity index (χ1) is 7.69. The minimum atomic E-state index is -0.408. The molecule has 0 atom stereocenters. The van der Waals surface area contributed by atoms with Gasteiger partial charge in [0.1, 0.15) is 5.75 Å². The summed E-state index contributed by atoms with van der Waals surface area (Å²) in [5.74, 6) is 0.572. The van der Waals surface area contributed by atoms with Gasteiger partial charge in [-0.15, -0.1) is 0 Å². The van der Waals surface area contributed by atoms with Crippen molar-refractivity contribution in [2.24, 2.45) is 0 Å². The fourth-order valence-electron chi connectivity index (χ4n) is 1.58. The Balaban J connectivity index is 2.21. The zero-order valence-electron chi connectivity index (χ0n) is 9.10. The molecule has 1 saturated carbocycles. The van der Waals surface area contributed by atoms with Gasteiger partial charge in [0, 0.05) is 24.9 Å². The van der Waals surface area contributed by atoms with Gasteiger partial charge in [-0.1, -0.05) is 0 Å². The van der Waals surface area contributed by atoms with Crippen molar-refractivity contribution in [3.8, 4) is 5.75 Å². The van der Waals surface area contributed by atoms with Crippen LogP contribution in [-0.4, -0.2) is 18.1 Å². The molecule has 0 spiro atoms. The van der Waals surface area contributed by atoms with Crippen LogP contribution in [0.5, 0.6) is 5.75 Å². The average Bonchev–Trinajstić information content (AvgIpc) is 2.23. The quantitative estimate of drug-likeness (QED) is 0.628. The van der Waals surface area contributed by atoms with Crippen LogP contribution in [0.15, 0.2) is 18.2 Å². The normalized spacial score (nSPS) is 15.3. The molecule has 0 heterocycles. The second kappa shape index (κ2) is 4.38. The van der Waals surface area contributed by atoms with Gasteiger partial charge in [0.2, 0.25) is 0 Å². The second-order valence-electron chi connectivity index (χ2n) is 3.89. The van der Waals surface area contributed by atoms with Gasteiger partial charge in [0.25, 0.3) is 5.69 Å². The van der Waals surface area contributed by atoms with Crippen molar-refractivity contribution >= 4 is 11.4 Å². The average molecular weight is 222 g/mol. The molecule has 1 aromatic rings. The van der Waals surface area contributed by atoms with E-state index in [1.54, 1.807) is 13.1 Å². The van der Waals surface area contributed by atoms with Gasteiger partial charge in [-0.05, 0) is 19.3 Å². The molecule has 1 fully saturated rings. The first kappa shape index (κ1) is 10.7. The van der Waals surface area contributed by atoms with Crippen LogP contribution in [0.2, 0.25) is 0 Å². The third-order valence-electron chi connectivity index (χ3n) is 2.75. The van der Waals surface area contributed by atoms with Gasteiger partial charge in [-0.25, -0.2) is 0 Å². The van der Waals surface area contributed by atoms with Crippen LogP contribution in [0.3, 0.4) is 0 Å². The predicted molar refractivity (Wildman–Crippen MR) is 60.9 cm³/mol. The molecule has 0 aliphatic heterocycles. The maximum absolute atomic E-state index is 10.7. The molecule has 5 heteroatoms. The van der Waals surface area contributed by atoms with Crippen LogP contribution < -0.4 is 10.1 Å². The van der Waals surface area contributed by atoms with E-state index in [0.717, 1.165) is 12.8 Å². The summed E-state index contributed by atoms with van der Waals surface area (Å²) in [5.41, 5.74) is 0.754. The Bertz CT molecular complexity index is 402. The zero-order valence-corrected chi connectivity index (χ0v) is 9.10. The van der Waals surface area contributed by atoms with E-state index in [2.05, 4.69) is 5.32 Å². The van der Waals surface area contributed by atoms with Gasteiger partial charge >= 0.3 is 0 Å². The zero-order chi connectivity index (χ0) is 11.5. The van der Waals surface area contributed by atoms with Crippen molar-refractivity contribution in [2.45, 2.75) is 25.4 Å². The van der Waals surface area contributed by atoms with E-state index in [-0.39, 0.29) is 11.8 Å². The molecule has 16 heavy (non-hydrogen) atoms. The molecule has 0 amide bonds. The van der Waals surface area contributed by atoms with Crippen molar-refractivity contribution in [3.63, 3.8) is 0 Å². The van der Waals surface area contributed by atoms with Crippen molar-refractivity contribution in [1.82, 2.24) is 0 Å². The summed E-state index contributed by atoms with van der Waals surface area (Å²) in [4.78, 5) is 10.3.